The number of hydrogen-bond donors (Lipinski definition) is 1. The van der Waals surface area contributed by atoms with Crippen LogP contribution in [0, 0.1) is 5.92 Å². The third kappa shape index (κ3) is 4.28. The smallest absolute Gasteiger partial charge is 0.233 e. The van der Waals surface area contributed by atoms with E-state index < -0.39 is 15.8 Å². The number of carbonyl (C=O) groups excluding carboxylic acids is 1. The first-order valence-corrected chi connectivity index (χ1v) is 11.2. The molecule has 0 bridgehead atoms. The highest BCUT2D eigenvalue weighted by molar-refractivity contribution is 7.92. The molecule has 2 aromatic rings. The number of anilines is 1. The van der Waals surface area contributed by atoms with E-state index in [1.165, 1.54) is 6.26 Å². The van der Waals surface area contributed by atoms with E-state index in [4.69, 9.17) is 9.26 Å². The topological polar surface area (TPSA) is 98.5 Å². The van der Waals surface area contributed by atoms with Crippen molar-refractivity contribution < 1.29 is 22.5 Å². The van der Waals surface area contributed by atoms with Crippen LogP contribution in [-0.2, 0) is 19.4 Å². The molecular formula is C20H24N2O5S. The number of aromatic nitrogens is 1. The molecule has 150 valence electrons. The van der Waals surface area contributed by atoms with Crippen LogP contribution < -0.4 is 5.32 Å². The number of nitrogens with zero attached hydrogens (tertiary/aromatic N) is 1. The quantitative estimate of drug-likeness (QED) is 0.761. The van der Waals surface area contributed by atoms with Crippen molar-refractivity contribution in [3.63, 3.8) is 0 Å². The second kappa shape index (κ2) is 8.05. The number of rotatable bonds is 7. The second-order valence-corrected chi connectivity index (χ2v) is 9.76. The van der Waals surface area contributed by atoms with Crippen LogP contribution >= 0.6 is 0 Å². The van der Waals surface area contributed by atoms with Crippen molar-refractivity contribution >= 4 is 21.6 Å². The van der Waals surface area contributed by atoms with Gasteiger partial charge in [-0.2, -0.15) is 0 Å². The molecule has 1 saturated heterocycles. The molecule has 7 nitrogen and oxygen atoms in total. The van der Waals surface area contributed by atoms with E-state index in [1.54, 1.807) is 30.3 Å². The van der Waals surface area contributed by atoms with Crippen molar-refractivity contribution in [2.75, 3.05) is 18.5 Å². The summed E-state index contributed by atoms with van der Waals surface area (Å²) < 4.78 is 35.1. The van der Waals surface area contributed by atoms with E-state index >= 15 is 0 Å². The molecule has 1 aliphatic heterocycles. The van der Waals surface area contributed by atoms with Crippen LogP contribution in [0.5, 0.6) is 0 Å². The molecule has 2 heterocycles. The Morgan fingerprint density at radius 3 is 2.43 bits per heavy atom. The number of benzene rings is 1. The van der Waals surface area contributed by atoms with Crippen LogP contribution in [0.15, 0.2) is 46.0 Å². The molecule has 8 heteroatoms. The first-order valence-electron chi connectivity index (χ1n) is 9.67. The third-order valence-corrected chi connectivity index (χ3v) is 7.77. The summed E-state index contributed by atoms with van der Waals surface area (Å²) >= 11 is 0. The van der Waals surface area contributed by atoms with Gasteiger partial charge in [-0.05, 0) is 55.7 Å². The Balaban J connectivity index is 1.55. The van der Waals surface area contributed by atoms with Gasteiger partial charge in [-0.3, -0.25) is 4.79 Å². The zero-order chi connectivity index (χ0) is 19.6. The summed E-state index contributed by atoms with van der Waals surface area (Å²) in [5.41, 5.74) is 0.808. The van der Waals surface area contributed by atoms with Crippen LogP contribution in [0.4, 0.5) is 5.82 Å². The summed E-state index contributed by atoms with van der Waals surface area (Å²) in [5.74, 6) is 0.197. The zero-order valence-corrected chi connectivity index (χ0v) is 16.4. The molecule has 2 fully saturated rings. The second-order valence-electron chi connectivity index (χ2n) is 7.53. The van der Waals surface area contributed by atoms with Crippen molar-refractivity contribution in [1.29, 1.82) is 0 Å². The van der Waals surface area contributed by atoms with Gasteiger partial charge in [-0.1, -0.05) is 17.3 Å². The van der Waals surface area contributed by atoms with E-state index in [9.17, 15) is 13.2 Å². The van der Waals surface area contributed by atoms with Gasteiger partial charge < -0.3 is 14.6 Å². The molecule has 28 heavy (non-hydrogen) atoms. The number of amides is 1. The van der Waals surface area contributed by atoms with Gasteiger partial charge in [0.15, 0.2) is 15.7 Å². The number of ether oxygens (including phenoxy) is 1. The van der Waals surface area contributed by atoms with Crippen molar-refractivity contribution in [1.82, 2.24) is 5.16 Å². The van der Waals surface area contributed by atoms with Crippen molar-refractivity contribution in [3.8, 4) is 0 Å². The Hall–Kier alpha value is -2.19. The lowest BCUT2D eigenvalue weighted by molar-refractivity contribution is -0.118. The molecule has 2 aliphatic rings. The minimum atomic E-state index is -3.24. The Bertz CT molecular complexity index is 899. The van der Waals surface area contributed by atoms with Gasteiger partial charge >= 0.3 is 0 Å². The lowest BCUT2D eigenvalue weighted by Gasteiger charge is -2.26. The number of nitrogens with one attached hydrogen (secondary N) is 1. The number of carbonyl (C=O) groups is 1. The van der Waals surface area contributed by atoms with Crippen LogP contribution in [0.3, 0.4) is 0 Å². The summed E-state index contributed by atoms with van der Waals surface area (Å²) in [6, 6.07) is 8.38. The minimum absolute atomic E-state index is 0.168. The normalized spacial score (nSPS) is 19.3. The summed E-state index contributed by atoms with van der Waals surface area (Å²) in [6.07, 6.45) is 5.39. The van der Waals surface area contributed by atoms with E-state index in [-0.39, 0.29) is 11.2 Å². The van der Waals surface area contributed by atoms with Gasteiger partial charge in [-0.25, -0.2) is 8.42 Å². The lowest BCUT2D eigenvalue weighted by atomic mass is 9.84. The minimum Gasteiger partial charge on any atom is -0.381 e. The number of sulfone groups is 1. The molecule has 1 aromatic heterocycles. The van der Waals surface area contributed by atoms with E-state index in [0.29, 0.717) is 36.3 Å². The molecule has 1 amide bonds. The highest BCUT2D eigenvalue weighted by Crippen LogP contribution is 2.35. The van der Waals surface area contributed by atoms with Crippen LogP contribution in [0.25, 0.3) is 0 Å². The van der Waals surface area contributed by atoms with Crippen molar-refractivity contribution in [3.05, 3.63) is 42.2 Å². The molecule has 1 aliphatic carbocycles. The Labute approximate surface area is 164 Å². The fourth-order valence-corrected chi connectivity index (χ4v) is 5.32. The van der Waals surface area contributed by atoms with Gasteiger partial charge in [0.05, 0.1) is 16.1 Å². The predicted octanol–water partition coefficient (Wildman–Crippen LogP) is 3.15. The van der Waals surface area contributed by atoms with E-state index in [2.05, 4.69) is 10.5 Å². The highest BCUT2D eigenvalue weighted by atomic mass is 32.2. The average Bonchev–Trinajstić information content (AvgIpc) is 3.46. The maximum Gasteiger partial charge on any atom is 0.233 e. The lowest BCUT2D eigenvalue weighted by Crippen LogP contribution is -2.26. The average molecular weight is 404 g/mol. The third-order valence-electron chi connectivity index (χ3n) is 5.49. The fraction of sp³-hybridized carbons (Fsp3) is 0.500. The van der Waals surface area contributed by atoms with Crippen LogP contribution in [0.1, 0.15) is 43.6 Å². The molecular weight excluding hydrogens is 380 g/mol. The molecule has 1 unspecified atom stereocenters. The molecule has 1 N–H and O–H groups in total. The van der Waals surface area contributed by atoms with Crippen LogP contribution in [0.2, 0.25) is 0 Å². The Kier molecular flexibility index (Phi) is 5.50. The van der Waals surface area contributed by atoms with Crippen molar-refractivity contribution in [2.45, 2.75) is 48.2 Å². The fourth-order valence-electron chi connectivity index (χ4n) is 3.66. The van der Waals surface area contributed by atoms with Gasteiger partial charge in [0.25, 0.3) is 0 Å². The highest BCUT2D eigenvalue weighted by Gasteiger charge is 2.37. The van der Waals surface area contributed by atoms with Gasteiger partial charge in [0.2, 0.25) is 5.91 Å². The molecule has 1 saturated carbocycles. The zero-order valence-electron chi connectivity index (χ0n) is 15.5. The first kappa shape index (κ1) is 19.1. The van der Waals surface area contributed by atoms with Gasteiger partial charge in [0, 0.05) is 19.3 Å². The Morgan fingerprint density at radius 2 is 1.82 bits per heavy atom. The molecule has 0 spiro atoms. The molecule has 0 radical (unpaired) electrons. The Morgan fingerprint density at radius 1 is 1.11 bits per heavy atom. The molecule has 1 aromatic carbocycles. The van der Waals surface area contributed by atoms with E-state index in [1.807, 2.05) is 0 Å². The molecule has 1 atom stereocenters. The van der Waals surface area contributed by atoms with Crippen LogP contribution in [-0.4, -0.2) is 37.9 Å². The summed E-state index contributed by atoms with van der Waals surface area (Å²) in [6.45, 7) is 1.42. The maximum absolute atomic E-state index is 12.9. The monoisotopic (exact) mass is 404 g/mol. The SMILES string of the molecule is O=C(Nc1ccon1)C(CC1CCOCC1)c1ccc(S(=O)(=O)C2CC2)cc1. The summed E-state index contributed by atoms with van der Waals surface area (Å²) in [5, 5.41) is 6.29. The molecule has 4 rings (SSSR count). The van der Waals surface area contributed by atoms with Gasteiger partial charge in [0.1, 0.15) is 6.26 Å². The standard InChI is InChI=1S/C20H24N2O5S/c23-20(21-19-9-12-27-22-19)18(13-14-7-10-26-11-8-14)15-1-3-16(4-2-15)28(24,25)17-5-6-17/h1-4,9,12,14,17-18H,5-8,10-11,13H2,(H,21,22,23). The number of hydrogen-bond acceptors (Lipinski definition) is 6. The first-order chi connectivity index (χ1) is 13.5. The maximum atomic E-state index is 12.9. The van der Waals surface area contributed by atoms with Crippen molar-refractivity contribution in [2.24, 2.45) is 5.92 Å². The summed E-state index contributed by atoms with van der Waals surface area (Å²) in [4.78, 5) is 13.3. The van der Waals surface area contributed by atoms with Gasteiger partial charge in [-0.15, -0.1) is 0 Å². The predicted molar refractivity (Wildman–Crippen MR) is 103 cm³/mol. The largest absolute Gasteiger partial charge is 0.381 e. The summed E-state index contributed by atoms with van der Waals surface area (Å²) in [7, 11) is -3.24. The van der Waals surface area contributed by atoms with E-state index in [0.717, 1.165) is 31.2 Å².